The molecule has 0 aliphatic carbocycles. The number of rotatable bonds is 6. The van der Waals surface area contributed by atoms with Crippen LogP contribution in [0.4, 0.5) is 0 Å². The number of halogens is 1. The van der Waals surface area contributed by atoms with Gasteiger partial charge < -0.3 is 5.32 Å². The summed E-state index contributed by atoms with van der Waals surface area (Å²) >= 11 is 6.25. The summed E-state index contributed by atoms with van der Waals surface area (Å²) in [4.78, 5) is 0. The summed E-state index contributed by atoms with van der Waals surface area (Å²) < 4.78 is 24.8. The van der Waals surface area contributed by atoms with Crippen molar-refractivity contribution in [1.82, 2.24) is 15.1 Å². The first kappa shape index (κ1) is 17.5. The lowest BCUT2D eigenvalue weighted by atomic mass is 9.95. The molecule has 1 unspecified atom stereocenters. The Morgan fingerprint density at radius 1 is 1.45 bits per heavy atom. The number of likely N-dealkylation sites (N-methyl/N-ethyl adjacent to an activating group) is 1. The Bertz CT molecular complexity index is 579. The number of nitrogens with zero attached hydrogens (tertiary/aromatic N) is 2. The highest BCUT2D eigenvalue weighted by Gasteiger charge is 2.39. The fourth-order valence-electron chi connectivity index (χ4n) is 2.18. The van der Waals surface area contributed by atoms with Crippen LogP contribution in [0.1, 0.15) is 32.0 Å². The molecular weight excluding hydrogens is 298 g/mol. The highest BCUT2D eigenvalue weighted by Crippen LogP contribution is 2.27. The molecule has 0 bridgehead atoms. The minimum absolute atomic E-state index is 0.220. The largest absolute Gasteiger partial charge is 0.312 e. The number of nitrogens with one attached hydrogen (secondary N) is 1. The van der Waals surface area contributed by atoms with Crippen molar-refractivity contribution in [2.45, 2.75) is 44.9 Å². The van der Waals surface area contributed by atoms with E-state index in [1.54, 1.807) is 25.6 Å². The third-order valence-electron chi connectivity index (χ3n) is 3.92. The van der Waals surface area contributed by atoms with E-state index in [1.165, 1.54) is 6.26 Å². The molecule has 0 aliphatic rings. The van der Waals surface area contributed by atoms with Crippen LogP contribution in [0.3, 0.4) is 0 Å². The number of hydrogen-bond acceptors (Lipinski definition) is 4. The second-order valence-corrected chi connectivity index (χ2v) is 8.62. The van der Waals surface area contributed by atoms with Gasteiger partial charge in [0.1, 0.15) is 5.15 Å². The second-order valence-electron chi connectivity index (χ2n) is 5.67. The van der Waals surface area contributed by atoms with Gasteiger partial charge in [-0.25, -0.2) is 8.42 Å². The predicted molar refractivity (Wildman–Crippen MR) is 83.0 cm³/mol. The van der Waals surface area contributed by atoms with Crippen molar-refractivity contribution in [3.05, 3.63) is 16.4 Å². The average molecular weight is 322 g/mol. The van der Waals surface area contributed by atoms with Gasteiger partial charge in [0.2, 0.25) is 0 Å². The molecule has 0 radical (unpaired) electrons. The lowest BCUT2D eigenvalue weighted by Crippen LogP contribution is -2.52. The molecular formula is C13H24ClN3O2S. The van der Waals surface area contributed by atoms with Gasteiger partial charge in [-0.05, 0) is 33.7 Å². The molecule has 0 fully saturated rings. The van der Waals surface area contributed by atoms with Crippen molar-refractivity contribution in [3.8, 4) is 0 Å². The van der Waals surface area contributed by atoms with Crippen molar-refractivity contribution < 1.29 is 8.42 Å². The molecule has 0 amide bonds. The van der Waals surface area contributed by atoms with Gasteiger partial charge >= 0.3 is 0 Å². The van der Waals surface area contributed by atoms with E-state index in [2.05, 4.69) is 10.4 Å². The highest BCUT2D eigenvalue weighted by molar-refractivity contribution is 7.92. The predicted octanol–water partition coefficient (Wildman–Crippen LogP) is 1.73. The molecule has 0 aromatic carbocycles. The number of aryl methyl sites for hydroxylation is 2. The maximum absolute atomic E-state index is 12.0. The van der Waals surface area contributed by atoms with Gasteiger partial charge in [-0.3, -0.25) is 4.68 Å². The Hall–Kier alpha value is -0.590. The standard InChI is InChI=1S/C13H24ClN3O2S/c1-7-15-11(13(3,4)20(6,18)19)8-10-9(2)16-17(5)12(10)14/h11,15H,7-8H2,1-6H3. The van der Waals surface area contributed by atoms with Crippen LogP contribution in [0.2, 0.25) is 5.15 Å². The van der Waals surface area contributed by atoms with Crippen molar-refractivity contribution in [2.75, 3.05) is 12.8 Å². The third-order valence-corrected chi connectivity index (χ3v) is 6.59. The molecule has 1 heterocycles. The summed E-state index contributed by atoms with van der Waals surface area (Å²) in [5.41, 5.74) is 1.74. The second kappa shape index (κ2) is 6.03. The van der Waals surface area contributed by atoms with Gasteiger partial charge in [0.05, 0.1) is 10.4 Å². The SMILES string of the molecule is CCNC(Cc1c(C)nn(C)c1Cl)C(C)(C)S(C)(=O)=O. The minimum atomic E-state index is -3.20. The molecule has 1 atom stereocenters. The Morgan fingerprint density at radius 2 is 2.00 bits per heavy atom. The van der Waals surface area contributed by atoms with Crippen LogP contribution in [0, 0.1) is 6.92 Å². The Kier molecular flexibility index (Phi) is 5.27. The maximum atomic E-state index is 12.0. The Morgan fingerprint density at radius 3 is 2.35 bits per heavy atom. The van der Waals surface area contributed by atoms with Crippen molar-refractivity contribution in [1.29, 1.82) is 0 Å². The molecule has 1 aromatic rings. The lowest BCUT2D eigenvalue weighted by molar-refractivity contribution is 0.413. The third kappa shape index (κ3) is 3.35. The zero-order valence-electron chi connectivity index (χ0n) is 13.0. The van der Waals surface area contributed by atoms with Crippen LogP contribution in [-0.2, 0) is 23.3 Å². The topological polar surface area (TPSA) is 64.0 Å². The van der Waals surface area contributed by atoms with Crippen LogP contribution < -0.4 is 5.32 Å². The molecule has 0 saturated heterocycles. The highest BCUT2D eigenvalue weighted by atomic mass is 35.5. The summed E-state index contributed by atoms with van der Waals surface area (Å²) in [5, 5.41) is 8.11. The number of hydrogen-bond donors (Lipinski definition) is 1. The van der Waals surface area contributed by atoms with Crippen LogP contribution in [0.15, 0.2) is 0 Å². The quantitative estimate of drug-likeness (QED) is 0.866. The van der Waals surface area contributed by atoms with E-state index in [0.29, 0.717) is 18.1 Å². The van der Waals surface area contributed by atoms with Crippen molar-refractivity contribution in [2.24, 2.45) is 7.05 Å². The van der Waals surface area contributed by atoms with E-state index in [1.807, 2.05) is 13.8 Å². The van der Waals surface area contributed by atoms with Crippen molar-refractivity contribution >= 4 is 21.4 Å². The molecule has 1 aromatic heterocycles. The van der Waals surface area contributed by atoms with Gasteiger partial charge in [-0.1, -0.05) is 18.5 Å². The fourth-order valence-corrected chi connectivity index (χ4v) is 3.11. The summed E-state index contributed by atoms with van der Waals surface area (Å²) in [6, 6.07) is -0.220. The first-order valence-electron chi connectivity index (χ1n) is 6.63. The van der Waals surface area contributed by atoms with E-state index in [9.17, 15) is 8.42 Å². The van der Waals surface area contributed by atoms with E-state index in [4.69, 9.17) is 11.6 Å². The zero-order chi connectivity index (χ0) is 15.7. The summed E-state index contributed by atoms with van der Waals surface area (Å²) in [6.45, 7) is 8.03. The molecule has 0 aliphatic heterocycles. The Balaban J connectivity index is 3.17. The molecule has 116 valence electrons. The fraction of sp³-hybridized carbons (Fsp3) is 0.769. The number of sulfone groups is 1. The molecule has 1 N–H and O–H groups in total. The minimum Gasteiger partial charge on any atom is -0.312 e. The Labute approximate surface area is 126 Å². The molecule has 20 heavy (non-hydrogen) atoms. The van der Waals surface area contributed by atoms with E-state index in [-0.39, 0.29) is 6.04 Å². The molecule has 5 nitrogen and oxygen atoms in total. The summed E-state index contributed by atoms with van der Waals surface area (Å²) in [7, 11) is -1.42. The van der Waals surface area contributed by atoms with Crippen LogP contribution in [-0.4, -0.2) is 41.8 Å². The molecule has 0 spiro atoms. The van der Waals surface area contributed by atoms with Gasteiger partial charge in [-0.15, -0.1) is 0 Å². The normalized spacial score (nSPS) is 14.6. The molecule has 7 heteroatoms. The monoisotopic (exact) mass is 321 g/mol. The summed E-state index contributed by atoms with van der Waals surface area (Å²) in [5.74, 6) is 0. The average Bonchev–Trinajstić information content (AvgIpc) is 2.53. The van der Waals surface area contributed by atoms with E-state index in [0.717, 1.165) is 11.3 Å². The zero-order valence-corrected chi connectivity index (χ0v) is 14.6. The molecule has 0 saturated carbocycles. The van der Waals surface area contributed by atoms with Crippen LogP contribution in [0.25, 0.3) is 0 Å². The van der Waals surface area contributed by atoms with Gasteiger partial charge in [0.25, 0.3) is 0 Å². The van der Waals surface area contributed by atoms with Gasteiger partial charge in [-0.2, -0.15) is 5.10 Å². The van der Waals surface area contributed by atoms with Crippen LogP contribution in [0.5, 0.6) is 0 Å². The number of aromatic nitrogens is 2. The van der Waals surface area contributed by atoms with E-state index >= 15 is 0 Å². The molecule has 1 rings (SSSR count). The van der Waals surface area contributed by atoms with Gasteiger partial charge in [0.15, 0.2) is 9.84 Å². The maximum Gasteiger partial charge on any atom is 0.154 e. The van der Waals surface area contributed by atoms with Crippen molar-refractivity contribution in [3.63, 3.8) is 0 Å². The van der Waals surface area contributed by atoms with E-state index < -0.39 is 14.6 Å². The first-order valence-corrected chi connectivity index (χ1v) is 8.90. The summed E-state index contributed by atoms with van der Waals surface area (Å²) in [6.07, 6.45) is 1.81. The lowest BCUT2D eigenvalue weighted by Gasteiger charge is -2.33. The smallest absolute Gasteiger partial charge is 0.154 e. The van der Waals surface area contributed by atoms with Crippen LogP contribution >= 0.6 is 11.6 Å². The van der Waals surface area contributed by atoms with Gasteiger partial charge in [0, 0.05) is 24.9 Å². The first-order chi connectivity index (χ1) is 9.02.